The van der Waals surface area contributed by atoms with Crippen LogP contribution in [0, 0.1) is 0 Å². The van der Waals surface area contributed by atoms with Gasteiger partial charge in [0, 0.05) is 18.5 Å². The third kappa shape index (κ3) is 4.49. The molecule has 0 amide bonds. The molecule has 6 rings (SSSR count). The molecule has 3 heterocycles. The fourth-order valence-corrected chi connectivity index (χ4v) is 7.49. The minimum atomic E-state index is -0.762. The lowest BCUT2D eigenvalue weighted by molar-refractivity contribution is -0.0509. The molecule has 1 unspecified atom stereocenters. The van der Waals surface area contributed by atoms with Crippen LogP contribution >= 0.6 is 46.0 Å². The van der Waals surface area contributed by atoms with Crippen LogP contribution in [-0.4, -0.2) is 28.6 Å². The topological polar surface area (TPSA) is 73.3 Å². The maximum atomic E-state index is 13.1. The molecule has 0 saturated carbocycles. The molecule has 1 aliphatic heterocycles. The summed E-state index contributed by atoms with van der Waals surface area (Å²) < 4.78 is 15.5. The van der Waals surface area contributed by atoms with Crippen molar-refractivity contribution in [3.63, 3.8) is 0 Å². The van der Waals surface area contributed by atoms with Gasteiger partial charge in [0.05, 0.1) is 31.1 Å². The second kappa shape index (κ2) is 9.84. The zero-order valence-corrected chi connectivity index (χ0v) is 22.1. The Labute approximate surface area is 223 Å². The Kier molecular flexibility index (Phi) is 6.41. The SMILES string of the molecule is CCOC1Oc2ccccc2C(=O)/C1=C/Nc1ccc2nc(Sc3nc4c(Cl)cccc4s3)sc2c1. The fourth-order valence-electron chi connectivity index (χ4n) is 3.82. The van der Waals surface area contributed by atoms with Gasteiger partial charge in [0.15, 0.2) is 14.5 Å². The molecule has 0 aliphatic carbocycles. The standard InChI is InChI=1S/C26H18ClN3O3S3/c1-2-32-24-16(23(31)15-6-3-4-8-19(15)33-24)13-28-14-10-11-18-21(12-14)35-25(29-18)36-26-30-22-17(27)7-5-9-20(22)34-26/h3-13,24,28H,2H2,1H3/b16-13-. The molecule has 0 fully saturated rings. The Morgan fingerprint density at radius 3 is 2.78 bits per heavy atom. The summed E-state index contributed by atoms with van der Waals surface area (Å²) in [4.78, 5) is 22.5. The largest absolute Gasteiger partial charge is 0.460 e. The highest BCUT2D eigenvalue weighted by molar-refractivity contribution is 8.02. The minimum Gasteiger partial charge on any atom is -0.460 e. The molecule has 5 aromatic rings. The van der Waals surface area contributed by atoms with Gasteiger partial charge in [0.25, 0.3) is 0 Å². The highest BCUT2D eigenvalue weighted by atomic mass is 35.5. The molecule has 36 heavy (non-hydrogen) atoms. The van der Waals surface area contributed by atoms with Crippen LogP contribution in [0.15, 0.2) is 81.1 Å². The molecule has 3 aromatic carbocycles. The number of rotatable bonds is 6. The van der Waals surface area contributed by atoms with Crippen molar-refractivity contribution < 1.29 is 14.3 Å². The number of ether oxygens (including phenoxy) is 2. The van der Waals surface area contributed by atoms with Crippen LogP contribution in [-0.2, 0) is 4.74 Å². The first kappa shape index (κ1) is 23.4. The van der Waals surface area contributed by atoms with Gasteiger partial charge in [0.2, 0.25) is 6.29 Å². The van der Waals surface area contributed by atoms with E-state index in [1.54, 1.807) is 41.0 Å². The smallest absolute Gasteiger partial charge is 0.232 e. The number of halogens is 1. The van der Waals surface area contributed by atoms with E-state index in [-0.39, 0.29) is 5.78 Å². The molecular weight excluding hydrogens is 534 g/mol. The Morgan fingerprint density at radius 2 is 1.92 bits per heavy atom. The summed E-state index contributed by atoms with van der Waals surface area (Å²) in [5.74, 6) is 0.417. The van der Waals surface area contributed by atoms with E-state index in [0.717, 1.165) is 34.8 Å². The van der Waals surface area contributed by atoms with Crippen molar-refractivity contribution in [2.24, 2.45) is 0 Å². The van der Waals surface area contributed by atoms with E-state index in [0.29, 0.717) is 28.5 Å². The number of benzene rings is 3. The quantitative estimate of drug-likeness (QED) is 0.217. The average molecular weight is 552 g/mol. The lowest BCUT2D eigenvalue weighted by Gasteiger charge is -2.27. The number of fused-ring (bicyclic) bond motifs is 3. The number of Topliss-reactive ketones (excluding diaryl/α,β-unsaturated/α-hetero) is 1. The van der Waals surface area contributed by atoms with Crippen molar-refractivity contribution in [2.45, 2.75) is 21.9 Å². The third-order valence-corrected chi connectivity index (χ3v) is 8.95. The normalized spacial score (nSPS) is 16.4. The number of carbonyl (C=O) groups is 1. The molecule has 1 aliphatic rings. The summed E-state index contributed by atoms with van der Waals surface area (Å²) >= 11 is 11.0. The second-order valence-corrected chi connectivity index (χ2v) is 11.8. The second-order valence-electron chi connectivity index (χ2n) is 7.81. The van der Waals surface area contributed by atoms with Crippen molar-refractivity contribution >= 4 is 77.9 Å². The minimum absolute atomic E-state index is 0.115. The van der Waals surface area contributed by atoms with Crippen LogP contribution in [0.4, 0.5) is 5.69 Å². The maximum Gasteiger partial charge on any atom is 0.232 e. The van der Waals surface area contributed by atoms with E-state index in [9.17, 15) is 4.79 Å². The van der Waals surface area contributed by atoms with Gasteiger partial charge in [-0.1, -0.05) is 29.8 Å². The Morgan fingerprint density at radius 1 is 1.08 bits per heavy atom. The summed E-state index contributed by atoms with van der Waals surface area (Å²) in [5.41, 5.74) is 3.51. The van der Waals surface area contributed by atoms with E-state index in [1.165, 1.54) is 11.8 Å². The first-order chi connectivity index (χ1) is 17.6. The molecule has 180 valence electrons. The molecule has 1 atom stereocenters. The zero-order valence-electron chi connectivity index (χ0n) is 18.9. The van der Waals surface area contributed by atoms with Crippen molar-refractivity contribution in [2.75, 3.05) is 11.9 Å². The number of para-hydroxylation sites is 2. The lowest BCUT2D eigenvalue weighted by atomic mass is 10.00. The molecule has 0 spiro atoms. The van der Waals surface area contributed by atoms with Gasteiger partial charge in [0.1, 0.15) is 11.3 Å². The number of anilines is 1. The molecule has 0 saturated heterocycles. The average Bonchev–Trinajstić information content (AvgIpc) is 3.48. The number of aromatic nitrogens is 2. The monoisotopic (exact) mass is 551 g/mol. The molecule has 0 bridgehead atoms. The number of nitrogens with zero attached hydrogens (tertiary/aromatic N) is 2. The van der Waals surface area contributed by atoms with Gasteiger partial charge in [-0.3, -0.25) is 4.79 Å². The van der Waals surface area contributed by atoms with Crippen molar-refractivity contribution in [1.29, 1.82) is 0 Å². The number of hydrogen-bond acceptors (Lipinski definition) is 9. The van der Waals surface area contributed by atoms with Crippen LogP contribution in [0.2, 0.25) is 5.02 Å². The summed E-state index contributed by atoms with van der Waals surface area (Å²) in [6, 6.07) is 18.9. The van der Waals surface area contributed by atoms with E-state index in [2.05, 4.69) is 10.3 Å². The van der Waals surface area contributed by atoms with Gasteiger partial charge in [-0.05, 0) is 61.2 Å². The molecule has 2 aromatic heterocycles. The first-order valence-electron chi connectivity index (χ1n) is 11.1. The number of thiazole rings is 2. The van der Waals surface area contributed by atoms with Gasteiger partial charge in [-0.15, -0.1) is 22.7 Å². The zero-order chi connectivity index (χ0) is 24.6. The van der Waals surface area contributed by atoms with E-state index in [4.69, 9.17) is 26.1 Å². The van der Waals surface area contributed by atoms with Gasteiger partial charge < -0.3 is 14.8 Å². The van der Waals surface area contributed by atoms with E-state index < -0.39 is 6.29 Å². The van der Waals surface area contributed by atoms with E-state index >= 15 is 0 Å². The Balaban J connectivity index is 1.24. The van der Waals surface area contributed by atoms with Crippen LogP contribution in [0.3, 0.4) is 0 Å². The predicted octanol–water partition coefficient (Wildman–Crippen LogP) is 7.64. The summed E-state index contributed by atoms with van der Waals surface area (Å²) in [5, 5.41) is 3.90. The van der Waals surface area contributed by atoms with Crippen LogP contribution < -0.4 is 10.1 Å². The fraction of sp³-hybridized carbons (Fsp3) is 0.115. The summed E-state index contributed by atoms with van der Waals surface area (Å²) in [6.45, 7) is 2.29. The number of ketones is 1. The van der Waals surface area contributed by atoms with Crippen molar-refractivity contribution in [3.05, 3.63) is 83.0 Å². The van der Waals surface area contributed by atoms with Gasteiger partial charge in [-0.25, -0.2) is 9.97 Å². The predicted molar refractivity (Wildman–Crippen MR) is 147 cm³/mol. The number of nitrogens with one attached hydrogen (secondary N) is 1. The molecule has 6 nitrogen and oxygen atoms in total. The van der Waals surface area contributed by atoms with Crippen LogP contribution in [0.1, 0.15) is 17.3 Å². The molecule has 1 N–H and O–H groups in total. The number of carbonyl (C=O) groups excluding carboxylic acids is 1. The van der Waals surface area contributed by atoms with Crippen LogP contribution in [0.5, 0.6) is 5.75 Å². The highest BCUT2D eigenvalue weighted by Gasteiger charge is 2.32. The van der Waals surface area contributed by atoms with Gasteiger partial charge >= 0.3 is 0 Å². The van der Waals surface area contributed by atoms with Crippen molar-refractivity contribution in [3.8, 4) is 5.75 Å². The molecular formula is C26H18ClN3O3S3. The lowest BCUT2D eigenvalue weighted by Crippen LogP contribution is -2.33. The summed E-state index contributed by atoms with van der Waals surface area (Å²) in [6.07, 6.45) is 0.906. The summed E-state index contributed by atoms with van der Waals surface area (Å²) in [7, 11) is 0. The highest BCUT2D eigenvalue weighted by Crippen LogP contribution is 2.40. The number of hydrogen-bond donors (Lipinski definition) is 1. The Bertz CT molecular complexity index is 1650. The molecule has 0 radical (unpaired) electrons. The molecule has 10 heteroatoms. The third-order valence-electron chi connectivity index (χ3n) is 5.49. The maximum absolute atomic E-state index is 13.1. The first-order valence-corrected chi connectivity index (χ1v) is 13.9. The van der Waals surface area contributed by atoms with Gasteiger partial charge in [-0.2, -0.15) is 0 Å². The van der Waals surface area contributed by atoms with E-state index in [1.807, 2.05) is 55.5 Å². The van der Waals surface area contributed by atoms with Crippen LogP contribution in [0.25, 0.3) is 20.4 Å². The van der Waals surface area contributed by atoms with Crippen molar-refractivity contribution in [1.82, 2.24) is 9.97 Å². The Hall–Kier alpha value is -2.95.